The maximum atomic E-state index is 9.65. The SMILES string of the molecule is COc1cc(C2C(C#N)=C(N)Oc3c2ccc(N)c3N)cc(Br)c1OC.COc1cc(C2C(C#N)=C(N)Oc3cc(N)ccc32)cc(Br)c1OC. The molecule has 2 aliphatic heterocycles. The average molecular weight is 820 g/mol. The van der Waals surface area contributed by atoms with E-state index >= 15 is 0 Å². The van der Waals surface area contributed by atoms with Crippen LogP contribution in [0.4, 0.5) is 17.1 Å². The fraction of sp³-hybridized carbons (Fsp3) is 0.167. The molecule has 51 heavy (non-hydrogen) atoms. The van der Waals surface area contributed by atoms with E-state index in [-0.39, 0.29) is 23.0 Å². The fourth-order valence-electron chi connectivity index (χ4n) is 5.93. The van der Waals surface area contributed by atoms with E-state index in [0.717, 1.165) is 16.7 Å². The molecule has 4 aromatic carbocycles. The van der Waals surface area contributed by atoms with Crippen molar-refractivity contribution >= 4 is 48.9 Å². The molecule has 13 nitrogen and oxygen atoms in total. The highest BCUT2D eigenvalue weighted by atomic mass is 79.9. The highest BCUT2D eigenvalue weighted by Crippen LogP contribution is 2.49. The number of anilines is 3. The van der Waals surface area contributed by atoms with Crippen LogP contribution in [0.3, 0.4) is 0 Å². The summed E-state index contributed by atoms with van der Waals surface area (Å²) in [6, 6.07) is 20.4. The first-order chi connectivity index (χ1) is 24.4. The zero-order chi connectivity index (χ0) is 37.1. The van der Waals surface area contributed by atoms with Crippen LogP contribution in [0.25, 0.3) is 0 Å². The number of hydrogen-bond acceptors (Lipinski definition) is 13. The highest BCUT2D eigenvalue weighted by molar-refractivity contribution is 9.11. The predicted octanol–water partition coefficient (Wildman–Crippen LogP) is 6.12. The number of nitrogens with zero attached hydrogens (tertiary/aromatic N) is 2. The molecule has 4 aromatic rings. The van der Waals surface area contributed by atoms with Gasteiger partial charge in [-0.1, -0.05) is 12.1 Å². The molecule has 0 saturated carbocycles. The quantitative estimate of drug-likeness (QED) is 0.138. The molecular weight excluding hydrogens is 786 g/mol. The van der Waals surface area contributed by atoms with Gasteiger partial charge in [-0.25, -0.2) is 0 Å². The Hall–Kier alpha value is -5.90. The minimum absolute atomic E-state index is 0.00629. The number of ether oxygens (including phenoxy) is 6. The van der Waals surface area contributed by atoms with Gasteiger partial charge in [0.15, 0.2) is 28.7 Å². The van der Waals surface area contributed by atoms with Gasteiger partial charge < -0.3 is 57.1 Å². The first-order valence-corrected chi connectivity index (χ1v) is 16.6. The van der Waals surface area contributed by atoms with Crippen LogP contribution in [0, 0.1) is 22.7 Å². The molecule has 0 aromatic heterocycles. The van der Waals surface area contributed by atoms with Gasteiger partial charge in [0.2, 0.25) is 11.8 Å². The summed E-state index contributed by atoms with van der Waals surface area (Å²) < 4.78 is 34.1. The Morgan fingerprint density at radius 2 is 1.12 bits per heavy atom. The highest BCUT2D eigenvalue weighted by Gasteiger charge is 2.34. The van der Waals surface area contributed by atoms with Gasteiger partial charge in [0.05, 0.1) is 60.6 Å². The molecule has 0 radical (unpaired) electrons. The van der Waals surface area contributed by atoms with Gasteiger partial charge in [0.25, 0.3) is 0 Å². The number of hydrogen-bond donors (Lipinski definition) is 5. The zero-order valence-electron chi connectivity index (χ0n) is 27.8. The first-order valence-electron chi connectivity index (χ1n) is 15.0. The summed E-state index contributed by atoms with van der Waals surface area (Å²) in [6.07, 6.45) is 0. The number of rotatable bonds is 6. The second-order valence-corrected chi connectivity index (χ2v) is 12.8. The lowest BCUT2D eigenvalue weighted by molar-refractivity contribution is 0.352. The Balaban J connectivity index is 0.000000198. The van der Waals surface area contributed by atoms with Crippen molar-refractivity contribution in [1.29, 1.82) is 10.5 Å². The normalized spacial score (nSPS) is 15.8. The third-order valence-corrected chi connectivity index (χ3v) is 9.46. The first kappa shape index (κ1) is 36.4. The number of allylic oxidation sites excluding steroid dienone is 2. The van der Waals surface area contributed by atoms with E-state index in [2.05, 4.69) is 44.0 Å². The monoisotopic (exact) mass is 817 g/mol. The number of nitriles is 2. The molecule has 0 aliphatic carbocycles. The van der Waals surface area contributed by atoms with Crippen molar-refractivity contribution < 1.29 is 28.4 Å². The molecule has 262 valence electrons. The summed E-state index contributed by atoms with van der Waals surface area (Å²) in [4.78, 5) is 0. The molecule has 2 heterocycles. The minimum Gasteiger partial charge on any atom is -0.493 e. The topological polar surface area (TPSA) is 233 Å². The van der Waals surface area contributed by atoms with Gasteiger partial charge >= 0.3 is 0 Å². The lowest BCUT2D eigenvalue weighted by atomic mass is 9.83. The van der Waals surface area contributed by atoms with Gasteiger partial charge in [-0.15, -0.1) is 0 Å². The van der Waals surface area contributed by atoms with Gasteiger partial charge in [-0.05, 0) is 79.4 Å². The third kappa shape index (κ3) is 6.69. The second-order valence-electron chi connectivity index (χ2n) is 11.1. The molecule has 0 bridgehead atoms. The van der Waals surface area contributed by atoms with Crippen LogP contribution >= 0.6 is 31.9 Å². The molecular formula is C36H33Br2N7O6. The van der Waals surface area contributed by atoms with E-state index < -0.39 is 11.8 Å². The van der Waals surface area contributed by atoms with Crippen molar-refractivity contribution in [2.75, 3.05) is 45.6 Å². The molecule has 2 unspecified atom stereocenters. The number of nitrogens with two attached hydrogens (primary N) is 5. The number of nitrogen functional groups attached to an aromatic ring is 3. The largest absolute Gasteiger partial charge is 0.493 e. The van der Waals surface area contributed by atoms with Crippen molar-refractivity contribution in [3.05, 3.63) is 109 Å². The second kappa shape index (κ2) is 14.9. The van der Waals surface area contributed by atoms with E-state index in [0.29, 0.717) is 66.0 Å². The van der Waals surface area contributed by atoms with Crippen LogP contribution in [0.2, 0.25) is 0 Å². The van der Waals surface area contributed by atoms with Crippen molar-refractivity contribution in [2.45, 2.75) is 11.8 Å². The molecule has 0 amide bonds. The Bertz CT molecular complexity index is 2190. The zero-order valence-corrected chi connectivity index (χ0v) is 31.0. The van der Waals surface area contributed by atoms with E-state index in [9.17, 15) is 10.5 Å². The summed E-state index contributed by atoms with van der Waals surface area (Å²) in [6.45, 7) is 0. The van der Waals surface area contributed by atoms with Crippen LogP contribution in [0.1, 0.15) is 34.1 Å². The minimum atomic E-state index is -0.484. The smallest absolute Gasteiger partial charge is 0.205 e. The van der Waals surface area contributed by atoms with Crippen LogP contribution in [-0.2, 0) is 0 Å². The number of benzene rings is 4. The molecule has 0 spiro atoms. The van der Waals surface area contributed by atoms with Crippen LogP contribution in [0.5, 0.6) is 34.5 Å². The molecule has 15 heteroatoms. The van der Waals surface area contributed by atoms with Crippen molar-refractivity contribution in [3.63, 3.8) is 0 Å². The summed E-state index contributed by atoms with van der Waals surface area (Å²) in [5.74, 6) is 2.26. The number of halogens is 2. The van der Waals surface area contributed by atoms with Crippen molar-refractivity contribution in [1.82, 2.24) is 0 Å². The standard InChI is InChI=1S/C18H17BrN4O3.C18H16BrN3O3/c1-24-13-6-8(5-11(19)17(13)25-2)14-9-3-4-12(21)15(22)16(9)26-18(23)10(14)7-20;1-23-15-6-9(5-13(19)17(15)24-2)16-11-4-3-10(21)7-14(11)25-18(22)12(16)8-20/h3-6,14H,21-23H2,1-2H3;3-7,16H,21-22H2,1-2H3. The number of methoxy groups -OCH3 is 4. The lowest BCUT2D eigenvalue weighted by Gasteiger charge is -2.28. The van der Waals surface area contributed by atoms with E-state index in [1.807, 2.05) is 24.3 Å². The summed E-state index contributed by atoms with van der Waals surface area (Å²) in [5.41, 5.74) is 34.6. The van der Waals surface area contributed by atoms with Crippen molar-refractivity contribution in [2.24, 2.45) is 11.5 Å². The van der Waals surface area contributed by atoms with Gasteiger partial charge in [0.1, 0.15) is 29.0 Å². The van der Waals surface area contributed by atoms with Crippen LogP contribution in [0.15, 0.2) is 86.5 Å². The average Bonchev–Trinajstić information content (AvgIpc) is 3.11. The molecule has 0 fully saturated rings. The fourth-order valence-corrected chi connectivity index (χ4v) is 7.17. The van der Waals surface area contributed by atoms with Gasteiger partial charge in [0, 0.05) is 22.9 Å². The molecule has 0 saturated heterocycles. The van der Waals surface area contributed by atoms with Gasteiger partial charge in [-0.2, -0.15) is 10.5 Å². The number of fused-ring (bicyclic) bond motifs is 2. The van der Waals surface area contributed by atoms with E-state index in [4.69, 9.17) is 57.1 Å². The van der Waals surface area contributed by atoms with Crippen LogP contribution in [-0.4, -0.2) is 28.4 Å². The molecule has 6 rings (SSSR count). The van der Waals surface area contributed by atoms with E-state index in [1.165, 1.54) is 0 Å². The maximum Gasteiger partial charge on any atom is 0.205 e. The summed E-state index contributed by atoms with van der Waals surface area (Å²) in [7, 11) is 6.21. The summed E-state index contributed by atoms with van der Waals surface area (Å²) >= 11 is 6.97. The molecule has 2 atom stereocenters. The lowest BCUT2D eigenvalue weighted by Crippen LogP contribution is -2.22. The molecule has 10 N–H and O–H groups in total. The third-order valence-electron chi connectivity index (χ3n) is 8.28. The Morgan fingerprint density at radius 3 is 1.61 bits per heavy atom. The van der Waals surface area contributed by atoms with Crippen LogP contribution < -0.4 is 57.1 Å². The maximum absolute atomic E-state index is 9.65. The van der Waals surface area contributed by atoms with E-state index in [1.54, 1.807) is 58.8 Å². The predicted molar refractivity (Wildman–Crippen MR) is 199 cm³/mol. The van der Waals surface area contributed by atoms with Gasteiger partial charge in [-0.3, -0.25) is 0 Å². The molecule has 2 aliphatic rings. The Morgan fingerprint density at radius 1 is 0.627 bits per heavy atom. The Kier molecular flexibility index (Phi) is 10.6. The van der Waals surface area contributed by atoms with Crippen molar-refractivity contribution in [3.8, 4) is 46.6 Å². The Labute approximate surface area is 310 Å². The summed E-state index contributed by atoms with van der Waals surface area (Å²) in [5, 5.41) is 19.3.